The summed E-state index contributed by atoms with van der Waals surface area (Å²) in [5.41, 5.74) is 4.87. The molecule has 0 N–H and O–H groups in total. The summed E-state index contributed by atoms with van der Waals surface area (Å²) >= 11 is 6.53. The number of aromatic nitrogens is 2. The number of aryl methyl sites for hydroxylation is 2. The molecule has 36 heavy (non-hydrogen) atoms. The van der Waals surface area contributed by atoms with Crippen LogP contribution in [0.1, 0.15) is 37.7 Å². The van der Waals surface area contributed by atoms with E-state index in [4.69, 9.17) is 11.6 Å². The largest absolute Gasteiger partial charge is 0.368 e. The Morgan fingerprint density at radius 3 is 2.39 bits per heavy atom. The zero-order valence-electron chi connectivity index (χ0n) is 20.7. The molecular formula is C28H30ClN5O2. The smallest absolute Gasteiger partial charge is 0.263 e. The molecular weight excluding hydrogens is 474 g/mol. The standard InChI is InChI=1S/C28H30ClN5O2/c1-20-17-21(2)34(30-20)16-15-33-27(35)24-9-6-10-25(26(24)28(33)36)32-13-11-31(12-14-32)19-23(29)18-22-7-4-3-5-8-22/h3-10,17-18H,11-16,19H2,1-2H3. The number of nitrogens with zero attached hydrogens (tertiary/aromatic N) is 5. The van der Waals surface area contributed by atoms with Gasteiger partial charge < -0.3 is 4.90 Å². The van der Waals surface area contributed by atoms with Crippen LogP contribution < -0.4 is 4.90 Å². The molecule has 186 valence electrons. The molecule has 1 fully saturated rings. The third-order valence-electron chi connectivity index (χ3n) is 6.83. The fourth-order valence-corrected chi connectivity index (χ4v) is 5.31. The number of amides is 2. The Morgan fingerprint density at radius 2 is 1.69 bits per heavy atom. The summed E-state index contributed by atoms with van der Waals surface area (Å²) in [5.74, 6) is -0.446. The Labute approximate surface area is 216 Å². The van der Waals surface area contributed by atoms with Gasteiger partial charge in [-0.3, -0.25) is 24.1 Å². The summed E-state index contributed by atoms with van der Waals surface area (Å²) in [6.45, 7) is 8.56. The monoisotopic (exact) mass is 503 g/mol. The molecule has 3 heterocycles. The molecule has 8 heteroatoms. The number of imide groups is 1. The van der Waals surface area contributed by atoms with E-state index in [-0.39, 0.29) is 11.8 Å². The molecule has 1 aromatic heterocycles. The van der Waals surface area contributed by atoms with E-state index in [9.17, 15) is 9.59 Å². The number of hydrogen-bond acceptors (Lipinski definition) is 5. The molecule has 2 aromatic carbocycles. The van der Waals surface area contributed by atoms with E-state index in [2.05, 4.69) is 14.9 Å². The SMILES string of the molecule is Cc1cc(C)n(CCN2C(=O)c3cccc(N4CCN(CC(Cl)=Cc5ccccc5)CC4)c3C2=O)n1. The first-order chi connectivity index (χ1) is 17.4. The number of carbonyl (C=O) groups excluding carboxylic acids is 2. The predicted octanol–water partition coefficient (Wildman–Crippen LogP) is 4.20. The Kier molecular flexibility index (Phi) is 6.94. The first kappa shape index (κ1) is 24.3. The van der Waals surface area contributed by atoms with Gasteiger partial charge in [-0.1, -0.05) is 48.0 Å². The highest BCUT2D eigenvalue weighted by atomic mass is 35.5. The number of carbonyl (C=O) groups is 2. The van der Waals surface area contributed by atoms with Crippen LogP contribution in [0.4, 0.5) is 5.69 Å². The maximum absolute atomic E-state index is 13.4. The van der Waals surface area contributed by atoms with Crippen molar-refractivity contribution in [3.63, 3.8) is 0 Å². The van der Waals surface area contributed by atoms with Crippen molar-refractivity contribution >= 4 is 35.2 Å². The molecule has 2 aliphatic heterocycles. The molecule has 2 amide bonds. The van der Waals surface area contributed by atoms with Crippen LogP contribution in [0.2, 0.25) is 0 Å². The van der Waals surface area contributed by atoms with Gasteiger partial charge >= 0.3 is 0 Å². The van der Waals surface area contributed by atoms with Crippen LogP contribution in [0, 0.1) is 13.8 Å². The Bertz CT molecular complexity index is 1310. The Balaban J connectivity index is 1.24. The van der Waals surface area contributed by atoms with Crippen molar-refractivity contribution in [2.24, 2.45) is 0 Å². The highest BCUT2D eigenvalue weighted by Gasteiger charge is 2.38. The van der Waals surface area contributed by atoms with Crippen LogP contribution in [-0.2, 0) is 6.54 Å². The number of halogens is 1. The highest BCUT2D eigenvalue weighted by molar-refractivity contribution is 6.31. The van der Waals surface area contributed by atoms with Crippen molar-refractivity contribution in [1.82, 2.24) is 19.6 Å². The average molecular weight is 504 g/mol. The van der Waals surface area contributed by atoms with E-state index in [1.54, 1.807) is 6.07 Å². The summed E-state index contributed by atoms with van der Waals surface area (Å²) in [7, 11) is 0. The minimum absolute atomic E-state index is 0.219. The van der Waals surface area contributed by atoms with Crippen LogP contribution in [0.25, 0.3) is 6.08 Å². The molecule has 0 saturated carbocycles. The first-order valence-electron chi connectivity index (χ1n) is 12.3. The number of fused-ring (bicyclic) bond motifs is 1. The third kappa shape index (κ3) is 4.94. The number of piperazine rings is 1. The normalized spacial score (nSPS) is 16.7. The minimum atomic E-state index is -0.227. The summed E-state index contributed by atoms with van der Waals surface area (Å²) in [6.07, 6.45) is 2.00. The quantitative estimate of drug-likeness (QED) is 0.452. The number of benzene rings is 2. The van der Waals surface area contributed by atoms with Gasteiger partial charge in [0.15, 0.2) is 0 Å². The lowest BCUT2D eigenvalue weighted by Gasteiger charge is -2.36. The molecule has 0 atom stereocenters. The van der Waals surface area contributed by atoms with E-state index in [0.717, 1.165) is 53.9 Å². The van der Waals surface area contributed by atoms with E-state index in [1.165, 1.54) is 4.90 Å². The molecule has 1 saturated heterocycles. The van der Waals surface area contributed by atoms with Crippen LogP contribution in [0.15, 0.2) is 59.6 Å². The van der Waals surface area contributed by atoms with Gasteiger partial charge in [-0.15, -0.1) is 0 Å². The second-order valence-electron chi connectivity index (χ2n) is 9.38. The van der Waals surface area contributed by atoms with Crippen molar-refractivity contribution in [2.45, 2.75) is 20.4 Å². The molecule has 7 nitrogen and oxygen atoms in total. The van der Waals surface area contributed by atoms with Gasteiger partial charge in [0.05, 0.1) is 29.1 Å². The molecule has 0 bridgehead atoms. The summed E-state index contributed by atoms with van der Waals surface area (Å²) in [5, 5.41) is 5.25. The van der Waals surface area contributed by atoms with Gasteiger partial charge in [0.1, 0.15) is 0 Å². The zero-order chi connectivity index (χ0) is 25.2. The van der Waals surface area contributed by atoms with E-state index >= 15 is 0 Å². The van der Waals surface area contributed by atoms with Crippen LogP contribution in [0.5, 0.6) is 0 Å². The molecule has 2 aliphatic rings. The number of hydrogen-bond donors (Lipinski definition) is 0. The summed E-state index contributed by atoms with van der Waals surface area (Å²) in [4.78, 5) is 32.4. The third-order valence-corrected chi connectivity index (χ3v) is 7.05. The van der Waals surface area contributed by atoms with Crippen LogP contribution in [-0.4, -0.2) is 70.7 Å². The van der Waals surface area contributed by atoms with Crippen molar-refractivity contribution in [2.75, 3.05) is 44.2 Å². The van der Waals surface area contributed by atoms with Crippen LogP contribution in [0.3, 0.4) is 0 Å². The number of anilines is 1. The van der Waals surface area contributed by atoms with Gasteiger partial charge in [0.25, 0.3) is 11.8 Å². The summed E-state index contributed by atoms with van der Waals surface area (Å²) in [6, 6.07) is 17.6. The molecule has 0 radical (unpaired) electrons. The van der Waals surface area contributed by atoms with E-state index < -0.39 is 0 Å². The van der Waals surface area contributed by atoms with Crippen LogP contribution >= 0.6 is 11.6 Å². The van der Waals surface area contributed by atoms with Gasteiger partial charge in [-0.05, 0) is 43.7 Å². The van der Waals surface area contributed by atoms with Gasteiger partial charge in [0, 0.05) is 50.0 Å². The minimum Gasteiger partial charge on any atom is -0.368 e. The molecule has 0 unspecified atom stereocenters. The molecule has 3 aromatic rings. The second-order valence-corrected chi connectivity index (χ2v) is 9.86. The highest BCUT2D eigenvalue weighted by Crippen LogP contribution is 2.32. The van der Waals surface area contributed by atoms with E-state index in [1.807, 2.05) is 73.1 Å². The fraction of sp³-hybridized carbons (Fsp3) is 0.321. The van der Waals surface area contributed by atoms with Crippen molar-refractivity contribution in [1.29, 1.82) is 0 Å². The van der Waals surface area contributed by atoms with Crippen molar-refractivity contribution in [3.8, 4) is 0 Å². The van der Waals surface area contributed by atoms with E-state index in [0.29, 0.717) is 30.8 Å². The first-order valence-corrected chi connectivity index (χ1v) is 12.7. The predicted molar refractivity (Wildman–Crippen MR) is 142 cm³/mol. The van der Waals surface area contributed by atoms with Gasteiger partial charge in [-0.2, -0.15) is 5.10 Å². The zero-order valence-corrected chi connectivity index (χ0v) is 21.4. The lowest BCUT2D eigenvalue weighted by Crippen LogP contribution is -2.47. The summed E-state index contributed by atoms with van der Waals surface area (Å²) < 4.78 is 1.84. The fourth-order valence-electron chi connectivity index (χ4n) is 5.01. The Hall–Kier alpha value is -3.42. The number of rotatable bonds is 7. The molecule has 0 aliphatic carbocycles. The molecule has 5 rings (SSSR count). The lowest BCUT2D eigenvalue weighted by molar-refractivity contribution is 0.0647. The molecule has 0 spiro atoms. The average Bonchev–Trinajstić information content (AvgIpc) is 3.32. The second kappa shape index (κ2) is 10.3. The lowest BCUT2D eigenvalue weighted by atomic mass is 10.1. The van der Waals surface area contributed by atoms with Gasteiger partial charge in [-0.25, -0.2) is 0 Å². The van der Waals surface area contributed by atoms with Gasteiger partial charge in [0.2, 0.25) is 0 Å². The Morgan fingerprint density at radius 1 is 0.944 bits per heavy atom. The van der Waals surface area contributed by atoms with Crippen molar-refractivity contribution < 1.29 is 9.59 Å². The maximum Gasteiger partial charge on any atom is 0.263 e. The van der Waals surface area contributed by atoms with Crippen molar-refractivity contribution in [3.05, 3.63) is 87.7 Å². The maximum atomic E-state index is 13.4. The topological polar surface area (TPSA) is 61.7 Å².